The Bertz CT molecular complexity index is 997. The molecule has 1 heterocycles. The number of carbonyl (C=O) groups is 1. The average molecular weight is 371 g/mol. The summed E-state index contributed by atoms with van der Waals surface area (Å²) in [6.07, 6.45) is 1.72. The van der Waals surface area contributed by atoms with Gasteiger partial charge >= 0.3 is 0 Å². The van der Waals surface area contributed by atoms with Gasteiger partial charge in [0.15, 0.2) is 9.84 Å². The van der Waals surface area contributed by atoms with Crippen LogP contribution in [-0.4, -0.2) is 48.1 Å². The molecule has 26 heavy (non-hydrogen) atoms. The molecule has 3 rings (SSSR count). The molecule has 3 aromatic rings. The first-order chi connectivity index (χ1) is 12.5. The Balaban J connectivity index is 1.55. The maximum Gasteiger partial charge on any atom is 0.223 e. The van der Waals surface area contributed by atoms with Crippen molar-refractivity contribution >= 4 is 26.8 Å². The number of likely N-dealkylation sites (N-methyl/N-ethyl adjacent to an activating group) is 1. The van der Waals surface area contributed by atoms with E-state index in [1.165, 1.54) is 0 Å². The van der Waals surface area contributed by atoms with Crippen LogP contribution in [0.25, 0.3) is 11.0 Å². The Kier molecular flexibility index (Phi) is 5.37. The Hall–Kier alpha value is -2.67. The van der Waals surface area contributed by atoms with Crippen LogP contribution in [0.2, 0.25) is 0 Å². The lowest BCUT2D eigenvalue weighted by Crippen LogP contribution is -2.31. The van der Waals surface area contributed by atoms with Crippen molar-refractivity contribution in [1.29, 1.82) is 0 Å². The fourth-order valence-electron chi connectivity index (χ4n) is 2.73. The molecule has 1 amide bonds. The number of benzene rings is 2. The zero-order valence-corrected chi connectivity index (χ0v) is 15.4. The molecule has 0 N–H and O–H groups in total. The molecular formula is C19H21N3O3S. The number of rotatable bonds is 7. The first-order valence-electron chi connectivity index (χ1n) is 8.39. The molecule has 7 heteroatoms. The Morgan fingerprint density at radius 3 is 2.54 bits per heavy atom. The van der Waals surface area contributed by atoms with Crippen molar-refractivity contribution in [1.82, 2.24) is 14.5 Å². The van der Waals surface area contributed by atoms with Gasteiger partial charge in [-0.1, -0.05) is 30.3 Å². The zero-order chi connectivity index (χ0) is 18.6. The number of fused-ring (bicyclic) bond motifs is 1. The summed E-state index contributed by atoms with van der Waals surface area (Å²) in [5.41, 5.74) is 1.93. The van der Waals surface area contributed by atoms with Gasteiger partial charge in [0.2, 0.25) is 5.91 Å². The van der Waals surface area contributed by atoms with E-state index in [1.807, 2.05) is 28.8 Å². The number of carbonyl (C=O) groups excluding carboxylic acids is 1. The highest BCUT2D eigenvalue weighted by atomic mass is 32.2. The van der Waals surface area contributed by atoms with Gasteiger partial charge in [0.1, 0.15) is 0 Å². The number of amides is 1. The monoisotopic (exact) mass is 371 g/mol. The highest BCUT2D eigenvalue weighted by Gasteiger charge is 2.18. The molecule has 0 aliphatic heterocycles. The zero-order valence-electron chi connectivity index (χ0n) is 14.6. The summed E-state index contributed by atoms with van der Waals surface area (Å²) in [5, 5.41) is 0. The number of hydrogen-bond donors (Lipinski definition) is 0. The number of imidazole rings is 1. The minimum Gasteiger partial charge on any atom is -0.344 e. The first kappa shape index (κ1) is 18.1. The van der Waals surface area contributed by atoms with Crippen molar-refractivity contribution in [2.24, 2.45) is 0 Å². The minimum atomic E-state index is -3.44. The van der Waals surface area contributed by atoms with Crippen LogP contribution in [0.4, 0.5) is 0 Å². The van der Waals surface area contributed by atoms with Gasteiger partial charge in [-0.15, -0.1) is 0 Å². The molecular weight excluding hydrogens is 350 g/mol. The smallest absolute Gasteiger partial charge is 0.223 e. The summed E-state index contributed by atoms with van der Waals surface area (Å²) >= 11 is 0. The number of hydrogen-bond acceptors (Lipinski definition) is 4. The summed E-state index contributed by atoms with van der Waals surface area (Å²) in [6, 6.07) is 16.0. The van der Waals surface area contributed by atoms with Gasteiger partial charge in [-0.3, -0.25) is 4.79 Å². The fraction of sp³-hybridized carbons (Fsp3) is 0.263. The molecule has 2 aromatic carbocycles. The van der Waals surface area contributed by atoms with Gasteiger partial charge in [0, 0.05) is 26.6 Å². The summed E-state index contributed by atoms with van der Waals surface area (Å²) < 4.78 is 26.5. The lowest BCUT2D eigenvalue weighted by molar-refractivity contribution is -0.129. The standard InChI is InChI=1S/C19H21N3O3S/c1-21(12-13-22-15-20-17-9-5-6-10-18(17)22)19(23)11-14-26(24,25)16-7-3-2-4-8-16/h2-10,15H,11-14H2,1H3. The molecule has 0 bridgehead atoms. The van der Waals surface area contributed by atoms with Crippen molar-refractivity contribution < 1.29 is 13.2 Å². The summed E-state index contributed by atoms with van der Waals surface area (Å²) in [5.74, 6) is -0.372. The van der Waals surface area contributed by atoms with Crippen molar-refractivity contribution in [3.05, 3.63) is 60.9 Å². The van der Waals surface area contributed by atoms with E-state index in [0.29, 0.717) is 13.1 Å². The van der Waals surface area contributed by atoms with Crippen LogP contribution in [-0.2, 0) is 21.2 Å². The molecule has 0 unspecified atom stereocenters. The van der Waals surface area contributed by atoms with Crippen molar-refractivity contribution in [2.75, 3.05) is 19.3 Å². The van der Waals surface area contributed by atoms with Gasteiger partial charge in [-0.05, 0) is 24.3 Å². The second-order valence-corrected chi connectivity index (χ2v) is 8.23. The molecule has 0 saturated heterocycles. The maximum atomic E-state index is 12.3. The van der Waals surface area contributed by atoms with Crippen molar-refractivity contribution in [3.8, 4) is 0 Å². The van der Waals surface area contributed by atoms with Crippen LogP contribution < -0.4 is 0 Å². The molecule has 0 radical (unpaired) electrons. The number of para-hydroxylation sites is 2. The SMILES string of the molecule is CN(CCn1cnc2ccccc21)C(=O)CCS(=O)(=O)c1ccccc1. The molecule has 1 aromatic heterocycles. The van der Waals surface area contributed by atoms with Gasteiger partial charge in [0.05, 0.1) is 28.0 Å². The number of aromatic nitrogens is 2. The largest absolute Gasteiger partial charge is 0.344 e. The molecule has 0 saturated carbocycles. The molecule has 0 spiro atoms. The van der Waals surface area contributed by atoms with Gasteiger partial charge in [0.25, 0.3) is 0 Å². The average Bonchev–Trinajstić information content (AvgIpc) is 3.08. The summed E-state index contributed by atoms with van der Waals surface area (Å²) in [7, 11) is -1.75. The van der Waals surface area contributed by atoms with E-state index in [1.54, 1.807) is 48.6 Å². The molecule has 0 aliphatic carbocycles. The first-order valence-corrected chi connectivity index (χ1v) is 10.0. The molecule has 6 nitrogen and oxygen atoms in total. The van der Waals surface area contributed by atoms with E-state index in [9.17, 15) is 13.2 Å². The van der Waals surface area contributed by atoms with E-state index in [-0.39, 0.29) is 23.0 Å². The summed E-state index contributed by atoms with van der Waals surface area (Å²) in [6.45, 7) is 1.10. The van der Waals surface area contributed by atoms with E-state index in [4.69, 9.17) is 0 Å². The van der Waals surface area contributed by atoms with E-state index in [2.05, 4.69) is 4.98 Å². The molecule has 0 atom stereocenters. The van der Waals surface area contributed by atoms with E-state index < -0.39 is 9.84 Å². The van der Waals surface area contributed by atoms with E-state index in [0.717, 1.165) is 11.0 Å². The minimum absolute atomic E-state index is 0.0294. The third kappa shape index (κ3) is 4.11. The topological polar surface area (TPSA) is 72.3 Å². The molecule has 136 valence electrons. The lowest BCUT2D eigenvalue weighted by atomic mass is 10.3. The van der Waals surface area contributed by atoms with Crippen LogP contribution in [0.5, 0.6) is 0 Å². The second-order valence-electron chi connectivity index (χ2n) is 6.12. The predicted octanol–water partition coefficient (Wildman–Crippen LogP) is 2.36. The lowest BCUT2D eigenvalue weighted by Gasteiger charge is -2.17. The van der Waals surface area contributed by atoms with Crippen LogP contribution in [0, 0.1) is 0 Å². The van der Waals surface area contributed by atoms with Crippen LogP contribution in [0.1, 0.15) is 6.42 Å². The Labute approximate surface area is 153 Å². The third-order valence-electron chi connectivity index (χ3n) is 4.32. The molecule has 0 aliphatic rings. The number of sulfone groups is 1. The van der Waals surface area contributed by atoms with Crippen molar-refractivity contribution in [2.45, 2.75) is 17.9 Å². The summed E-state index contributed by atoms with van der Waals surface area (Å²) in [4.78, 5) is 18.4. The molecule has 0 fully saturated rings. The predicted molar refractivity (Wildman–Crippen MR) is 100 cm³/mol. The van der Waals surface area contributed by atoms with Gasteiger partial charge < -0.3 is 9.47 Å². The number of nitrogens with zero attached hydrogens (tertiary/aromatic N) is 3. The quantitative estimate of drug-likeness (QED) is 0.639. The van der Waals surface area contributed by atoms with Gasteiger partial charge in [-0.25, -0.2) is 13.4 Å². The highest BCUT2D eigenvalue weighted by molar-refractivity contribution is 7.91. The fourth-order valence-corrected chi connectivity index (χ4v) is 3.98. The van der Waals surface area contributed by atoms with Gasteiger partial charge in [-0.2, -0.15) is 0 Å². The third-order valence-corrected chi connectivity index (χ3v) is 6.05. The maximum absolute atomic E-state index is 12.3. The highest BCUT2D eigenvalue weighted by Crippen LogP contribution is 2.13. The van der Waals surface area contributed by atoms with Crippen LogP contribution in [0.3, 0.4) is 0 Å². The van der Waals surface area contributed by atoms with Crippen LogP contribution >= 0.6 is 0 Å². The van der Waals surface area contributed by atoms with E-state index >= 15 is 0 Å². The Morgan fingerprint density at radius 2 is 1.77 bits per heavy atom. The van der Waals surface area contributed by atoms with Crippen molar-refractivity contribution in [3.63, 3.8) is 0 Å². The Morgan fingerprint density at radius 1 is 1.08 bits per heavy atom. The second kappa shape index (κ2) is 7.70. The normalized spacial score (nSPS) is 11.6. The van der Waals surface area contributed by atoms with Crippen LogP contribution in [0.15, 0.2) is 65.8 Å².